The summed E-state index contributed by atoms with van der Waals surface area (Å²) in [4.78, 5) is 64.6. The summed E-state index contributed by atoms with van der Waals surface area (Å²) in [5, 5.41) is 13.8. The van der Waals surface area contributed by atoms with Gasteiger partial charge in [-0.2, -0.15) is 0 Å². The van der Waals surface area contributed by atoms with Crippen molar-refractivity contribution >= 4 is 29.6 Å². The molecule has 10 N–H and O–H groups in total. The minimum absolute atomic E-state index is 0.117. The van der Waals surface area contributed by atoms with Crippen LogP contribution in [0, 0.1) is 0 Å². The highest BCUT2D eigenvalue weighted by molar-refractivity contribution is 5.92. The molecule has 0 bridgehead atoms. The number of nitrogens with one attached hydrogen (secondary N) is 3. The number of hydrogen-bond acceptors (Lipinski definition) is 7. The van der Waals surface area contributed by atoms with Gasteiger partial charge in [-0.05, 0) is 12.8 Å². The lowest BCUT2D eigenvalue weighted by atomic mass is 10.1. The van der Waals surface area contributed by atoms with Crippen LogP contribution in [-0.2, 0) is 30.4 Å². The second kappa shape index (κ2) is 11.4. The first-order valence-electron chi connectivity index (χ1n) is 8.73. The van der Waals surface area contributed by atoms with E-state index in [4.69, 9.17) is 17.2 Å². The Labute approximate surface area is 165 Å². The highest BCUT2D eigenvalue weighted by atomic mass is 16.4. The van der Waals surface area contributed by atoms with E-state index in [1.807, 2.05) is 0 Å². The molecule has 13 heteroatoms. The van der Waals surface area contributed by atoms with Crippen molar-refractivity contribution in [3.63, 3.8) is 0 Å². The van der Waals surface area contributed by atoms with Crippen molar-refractivity contribution < 1.29 is 29.1 Å². The van der Waals surface area contributed by atoms with Gasteiger partial charge in [0.1, 0.15) is 12.1 Å². The van der Waals surface area contributed by atoms with Crippen LogP contribution in [0.1, 0.15) is 31.4 Å². The monoisotopic (exact) mass is 411 g/mol. The number of carbonyl (C=O) groups excluding carboxylic acids is 4. The maximum atomic E-state index is 12.5. The summed E-state index contributed by atoms with van der Waals surface area (Å²) >= 11 is 0. The van der Waals surface area contributed by atoms with Crippen molar-refractivity contribution in [2.45, 2.75) is 50.2 Å². The molecule has 0 fully saturated rings. The van der Waals surface area contributed by atoms with Crippen LogP contribution in [0.25, 0.3) is 0 Å². The third-order valence-corrected chi connectivity index (χ3v) is 3.94. The van der Waals surface area contributed by atoms with Crippen LogP contribution in [0.2, 0.25) is 0 Å². The average Bonchev–Trinajstić information content (AvgIpc) is 3.13. The normalized spacial score (nSPS) is 13.7. The third kappa shape index (κ3) is 8.83. The molecule has 13 nitrogen and oxygen atoms in total. The second-order valence-corrected chi connectivity index (χ2v) is 6.36. The Morgan fingerprint density at radius 2 is 1.55 bits per heavy atom. The number of primary amides is 2. The molecule has 1 rings (SSSR count). The fourth-order valence-corrected chi connectivity index (χ4v) is 2.38. The van der Waals surface area contributed by atoms with Crippen molar-refractivity contribution in [1.29, 1.82) is 0 Å². The minimum atomic E-state index is -1.40. The molecule has 0 spiro atoms. The van der Waals surface area contributed by atoms with Gasteiger partial charge in [-0.3, -0.25) is 19.2 Å². The first-order valence-corrected chi connectivity index (χ1v) is 8.73. The molecule has 0 saturated heterocycles. The van der Waals surface area contributed by atoms with Gasteiger partial charge in [-0.1, -0.05) is 0 Å². The Balaban J connectivity index is 2.79. The summed E-state index contributed by atoms with van der Waals surface area (Å²) in [7, 11) is 0. The van der Waals surface area contributed by atoms with Crippen molar-refractivity contribution in [2.24, 2.45) is 17.2 Å². The summed E-state index contributed by atoms with van der Waals surface area (Å²) in [5.74, 6) is -4.36. The number of nitrogens with two attached hydrogens (primary N) is 3. The summed E-state index contributed by atoms with van der Waals surface area (Å²) in [6.45, 7) is 0. The lowest BCUT2D eigenvalue weighted by molar-refractivity contribution is -0.142. The van der Waals surface area contributed by atoms with Crippen LogP contribution in [0.5, 0.6) is 0 Å². The number of amides is 4. The summed E-state index contributed by atoms with van der Waals surface area (Å²) in [5.41, 5.74) is 16.5. The van der Waals surface area contributed by atoms with Gasteiger partial charge < -0.3 is 37.9 Å². The van der Waals surface area contributed by atoms with Gasteiger partial charge in [-0.15, -0.1) is 0 Å². The molecule has 0 radical (unpaired) electrons. The van der Waals surface area contributed by atoms with E-state index in [2.05, 4.69) is 20.6 Å². The first-order chi connectivity index (χ1) is 13.6. The summed E-state index contributed by atoms with van der Waals surface area (Å²) in [6, 6.07) is -3.68. The molecule has 29 heavy (non-hydrogen) atoms. The number of carbonyl (C=O) groups is 5. The molecule has 1 aromatic heterocycles. The number of imidazole rings is 1. The van der Waals surface area contributed by atoms with Gasteiger partial charge in [-0.25, -0.2) is 9.78 Å². The Morgan fingerprint density at radius 1 is 1.00 bits per heavy atom. The van der Waals surface area contributed by atoms with Gasteiger partial charge in [0.2, 0.25) is 23.6 Å². The predicted molar refractivity (Wildman–Crippen MR) is 98.6 cm³/mol. The molecule has 160 valence electrons. The summed E-state index contributed by atoms with van der Waals surface area (Å²) < 4.78 is 0. The molecule has 0 saturated carbocycles. The van der Waals surface area contributed by atoms with E-state index < -0.39 is 47.7 Å². The van der Waals surface area contributed by atoms with Crippen LogP contribution >= 0.6 is 0 Å². The molecule has 1 heterocycles. The van der Waals surface area contributed by atoms with Crippen LogP contribution < -0.4 is 27.8 Å². The number of carboxylic acid groups (broad SMARTS) is 1. The number of H-pyrrole nitrogens is 1. The Hall–Kier alpha value is -3.48. The van der Waals surface area contributed by atoms with Crippen LogP contribution in [-0.4, -0.2) is 62.8 Å². The van der Waals surface area contributed by atoms with Gasteiger partial charge in [0.25, 0.3) is 0 Å². The molecule has 0 aliphatic heterocycles. The number of hydrogen-bond donors (Lipinski definition) is 7. The first kappa shape index (κ1) is 23.6. The zero-order valence-corrected chi connectivity index (χ0v) is 15.6. The van der Waals surface area contributed by atoms with E-state index in [0.29, 0.717) is 5.69 Å². The fourth-order valence-electron chi connectivity index (χ4n) is 2.38. The minimum Gasteiger partial charge on any atom is -0.480 e. The van der Waals surface area contributed by atoms with E-state index in [-0.39, 0.29) is 32.1 Å². The largest absolute Gasteiger partial charge is 0.480 e. The van der Waals surface area contributed by atoms with E-state index >= 15 is 0 Å². The zero-order chi connectivity index (χ0) is 22.0. The van der Waals surface area contributed by atoms with Crippen LogP contribution in [0.3, 0.4) is 0 Å². The lowest BCUT2D eigenvalue weighted by Crippen LogP contribution is -2.55. The molecule has 3 unspecified atom stereocenters. The fraction of sp³-hybridized carbons (Fsp3) is 0.500. The molecule has 4 amide bonds. The molecule has 1 aromatic rings. The van der Waals surface area contributed by atoms with E-state index in [9.17, 15) is 29.1 Å². The second-order valence-electron chi connectivity index (χ2n) is 6.36. The molecule has 3 atom stereocenters. The SMILES string of the molecule is NC(=O)CCC(NC(=O)C(CCC(N)=O)NC(=O)C(N)Cc1cnc[nH]1)C(=O)O. The molecular formula is C16H25N7O6. The van der Waals surface area contributed by atoms with Crippen molar-refractivity contribution in [3.05, 3.63) is 18.2 Å². The zero-order valence-electron chi connectivity index (χ0n) is 15.6. The topological polar surface area (TPSA) is 236 Å². The smallest absolute Gasteiger partial charge is 0.326 e. The van der Waals surface area contributed by atoms with Gasteiger partial charge >= 0.3 is 5.97 Å². The third-order valence-electron chi connectivity index (χ3n) is 3.94. The van der Waals surface area contributed by atoms with Gasteiger partial charge in [0.15, 0.2) is 0 Å². The molecule has 0 aromatic carbocycles. The highest BCUT2D eigenvalue weighted by Gasteiger charge is 2.28. The number of rotatable bonds is 13. The van der Waals surface area contributed by atoms with Gasteiger partial charge in [0.05, 0.1) is 12.4 Å². The number of aromatic amines is 1. The van der Waals surface area contributed by atoms with Crippen LogP contribution in [0.15, 0.2) is 12.5 Å². The Morgan fingerprint density at radius 3 is 2.03 bits per heavy atom. The standard InChI is InChI=1S/C16H25N7O6/c17-9(5-8-6-20-7-21-8)14(26)22-10(1-3-12(18)24)15(27)23-11(16(28)29)2-4-13(19)25/h6-7,9-11H,1-5,17H2,(H2,18,24)(H2,19,25)(H,20,21)(H,22,26)(H,23,27)(H,28,29). The lowest BCUT2D eigenvalue weighted by Gasteiger charge is -2.22. The van der Waals surface area contributed by atoms with E-state index in [0.717, 1.165) is 0 Å². The van der Waals surface area contributed by atoms with Crippen molar-refractivity contribution in [2.75, 3.05) is 0 Å². The number of aromatic nitrogens is 2. The Kier molecular flexibility index (Phi) is 9.25. The van der Waals surface area contributed by atoms with E-state index in [1.165, 1.54) is 12.5 Å². The maximum Gasteiger partial charge on any atom is 0.326 e. The number of carboxylic acids is 1. The molecule has 0 aliphatic rings. The van der Waals surface area contributed by atoms with Gasteiger partial charge in [0, 0.05) is 31.2 Å². The molecular weight excluding hydrogens is 386 g/mol. The Bertz CT molecular complexity index is 736. The quantitative estimate of drug-likeness (QED) is 0.175. The van der Waals surface area contributed by atoms with Crippen molar-refractivity contribution in [1.82, 2.24) is 20.6 Å². The number of aliphatic carboxylic acids is 1. The van der Waals surface area contributed by atoms with Crippen molar-refractivity contribution in [3.8, 4) is 0 Å². The predicted octanol–water partition coefficient (Wildman–Crippen LogP) is -3.14. The maximum absolute atomic E-state index is 12.5. The molecule has 0 aliphatic carbocycles. The number of nitrogens with zero attached hydrogens (tertiary/aromatic N) is 1. The van der Waals surface area contributed by atoms with E-state index in [1.54, 1.807) is 0 Å². The highest BCUT2D eigenvalue weighted by Crippen LogP contribution is 2.04. The van der Waals surface area contributed by atoms with Crippen LogP contribution in [0.4, 0.5) is 0 Å². The average molecular weight is 411 g/mol. The summed E-state index contributed by atoms with van der Waals surface area (Å²) in [6.07, 6.45) is 2.14.